The van der Waals surface area contributed by atoms with E-state index >= 15 is 0 Å². The maximum atomic E-state index is 6.37. The van der Waals surface area contributed by atoms with Gasteiger partial charge in [0.25, 0.3) is 0 Å². The Kier molecular flexibility index (Phi) is 2.36. The summed E-state index contributed by atoms with van der Waals surface area (Å²) in [5, 5.41) is 0. The smallest absolute Gasteiger partial charge is 0.0564 e. The molecule has 1 unspecified atom stereocenters. The highest BCUT2D eigenvalue weighted by Crippen LogP contribution is 2.43. The number of benzene rings is 2. The van der Waals surface area contributed by atoms with Gasteiger partial charge in [0, 0.05) is 0 Å². The number of hydrogen-bond acceptors (Lipinski definition) is 1. The van der Waals surface area contributed by atoms with Gasteiger partial charge in [0.1, 0.15) is 0 Å². The Morgan fingerprint density at radius 2 is 1.56 bits per heavy atom. The van der Waals surface area contributed by atoms with Crippen LogP contribution in [0.5, 0.6) is 0 Å². The molecule has 0 bridgehead atoms. The van der Waals surface area contributed by atoms with Crippen LogP contribution in [0.2, 0.25) is 0 Å². The molecule has 0 saturated carbocycles. The predicted molar refractivity (Wildman–Crippen MR) is 76.6 cm³/mol. The van der Waals surface area contributed by atoms with Gasteiger partial charge in [-0.3, -0.25) is 0 Å². The van der Waals surface area contributed by atoms with E-state index in [0.717, 1.165) is 0 Å². The van der Waals surface area contributed by atoms with Gasteiger partial charge >= 0.3 is 0 Å². The van der Waals surface area contributed by atoms with Crippen molar-refractivity contribution in [1.82, 2.24) is 0 Å². The summed E-state index contributed by atoms with van der Waals surface area (Å²) in [6, 6.07) is 15.2. The van der Waals surface area contributed by atoms with E-state index in [-0.39, 0.29) is 11.5 Å². The molecular formula is C17H19N. The third-order valence-corrected chi connectivity index (χ3v) is 3.84. The summed E-state index contributed by atoms with van der Waals surface area (Å²) in [6.45, 7) is 6.72. The van der Waals surface area contributed by atoms with E-state index in [4.69, 9.17) is 5.73 Å². The lowest BCUT2D eigenvalue weighted by atomic mass is 9.85. The Morgan fingerprint density at radius 3 is 2.28 bits per heavy atom. The highest BCUT2D eigenvalue weighted by molar-refractivity contribution is 5.78. The van der Waals surface area contributed by atoms with Gasteiger partial charge in [0.2, 0.25) is 0 Å². The van der Waals surface area contributed by atoms with Crippen LogP contribution in [0.4, 0.5) is 0 Å². The van der Waals surface area contributed by atoms with Crippen molar-refractivity contribution in [3.63, 3.8) is 0 Å². The van der Waals surface area contributed by atoms with Gasteiger partial charge in [-0.05, 0) is 33.2 Å². The van der Waals surface area contributed by atoms with Crippen LogP contribution in [0.3, 0.4) is 0 Å². The molecule has 92 valence electrons. The second-order valence-electron chi connectivity index (χ2n) is 6.12. The topological polar surface area (TPSA) is 26.0 Å². The van der Waals surface area contributed by atoms with Crippen molar-refractivity contribution in [2.45, 2.75) is 32.2 Å². The van der Waals surface area contributed by atoms with Gasteiger partial charge in [-0.25, -0.2) is 0 Å². The highest BCUT2D eigenvalue weighted by Gasteiger charge is 2.27. The molecule has 0 heterocycles. The summed E-state index contributed by atoms with van der Waals surface area (Å²) in [5.41, 5.74) is 13.0. The Hall–Kier alpha value is -1.60. The van der Waals surface area contributed by atoms with Crippen molar-refractivity contribution in [3.8, 4) is 11.1 Å². The Balaban J connectivity index is 2.20. The molecule has 0 aliphatic heterocycles. The fourth-order valence-electron chi connectivity index (χ4n) is 2.71. The number of nitrogens with two attached hydrogens (primary N) is 1. The summed E-state index contributed by atoms with van der Waals surface area (Å²) in [7, 11) is 0. The van der Waals surface area contributed by atoms with Crippen molar-refractivity contribution in [2.24, 2.45) is 5.73 Å². The van der Waals surface area contributed by atoms with E-state index in [1.165, 1.54) is 27.8 Å². The van der Waals surface area contributed by atoms with Gasteiger partial charge in [0.15, 0.2) is 0 Å². The summed E-state index contributed by atoms with van der Waals surface area (Å²) < 4.78 is 0. The maximum absolute atomic E-state index is 6.37. The molecule has 1 nitrogen and oxygen atoms in total. The molecule has 2 aromatic carbocycles. The van der Waals surface area contributed by atoms with Crippen LogP contribution >= 0.6 is 0 Å². The zero-order chi connectivity index (χ0) is 12.9. The fourth-order valence-corrected chi connectivity index (χ4v) is 2.71. The van der Waals surface area contributed by atoms with E-state index in [2.05, 4.69) is 63.2 Å². The minimum atomic E-state index is 0.0264. The molecule has 1 heteroatoms. The van der Waals surface area contributed by atoms with Crippen molar-refractivity contribution in [2.75, 3.05) is 0 Å². The summed E-state index contributed by atoms with van der Waals surface area (Å²) in [4.78, 5) is 0. The van der Waals surface area contributed by atoms with Gasteiger partial charge in [-0.1, -0.05) is 63.2 Å². The van der Waals surface area contributed by atoms with Crippen LogP contribution in [-0.4, -0.2) is 0 Å². The van der Waals surface area contributed by atoms with E-state index in [0.29, 0.717) is 0 Å². The van der Waals surface area contributed by atoms with Gasteiger partial charge < -0.3 is 5.73 Å². The molecule has 0 fully saturated rings. The van der Waals surface area contributed by atoms with Gasteiger partial charge in [0.05, 0.1) is 6.04 Å². The van der Waals surface area contributed by atoms with Crippen molar-refractivity contribution >= 4 is 0 Å². The molecule has 2 N–H and O–H groups in total. The first-order valence-corrected chi connectivity index (χ1v) is 6.48. The van der Waals surface area contributed by atoms with E-state index in [1.807, 2.05) is 0 Å². The third-order valence-electron chi connectivity index (χ3n) is 3.84. The van der Waals surface area contributed by atoms with E-state index < -0.39 is 0 Å². The zero-order valence-corrected chi connectivity index (χ0v) is 11.2. The average Bonchev–Trinajstić information content (AvgIpc) is 2.63. The average molecular weight is 237 g/mol. The SMILES string of the molecule is CC(C)(C)c1ccc2c(c1)C(N)c1ccccc1-2. The molecule has 2 aromatic rings. The van der Waals surface area contributed by atoms with E-state index in [1.54, 1.807) is 0 Å². The second-order valence-corrected chi connectivity index (χ2v) is 6.12. The summed E-state index contributed by atoms with van der Waals surface area (Å²) in [5.74, 6) is 0. The van der Waals surface area contributed by atoms with Crippen LogP contribution in [0.15, 0.2) is 42.5 Å². The highest BCUT2D eigenvalue weighted by atomic mass is 14.7. The largest absolute Gasteiger partial charge is 0.320 e. The lowest BCUT2D eigenvalue weighted by Crippen LogP contribution is -2.13. The lowest BCUT2D eigenvalue weighted by molar-refractivity contribution is 0.589. The first-order valence-electron chi connectivity index (χ1n) is 6.48. The minimum absolute atomic E-state index is 0.0264. The quantitative estimate of drug-likeness (QED) is 0.736. The summed E-state index contributed by atoms with van der Waals surface area (Å²) in [6.07, 6.45) is 0. The molecule has 1 aliphatic rings. The van der Waals surface area contributed by atoms with Crippen LogP contribution in [0.1, 0.15) is 43.5 Å². The van der Waals surface area contributed by atoms with Crippen LogP contribution < -0.4 is 5.73 Å². The van der Waals surface area contributed by atoms with Crippen molar-refractivity contribution < 1.29 is 0 Å². The van der Waals surface area contributed by atoms with Crippen LogP contribution in [0.25, 0.3) is 11.1 Å². The molecule has 0 aromatic heterocycles. The van der Waals surface area contributed by atoms with Gasteiger partial charge in [-0.2, -0.15) is 0 Å². The van der Waals surface area contributed by atoms with Crippen LogP contribution in [-0.2, 0) is 5.41 Å². The number of fused-ring (bicyclic) bond motifs is 3. The first-order chi connectivity index (χ1) is 8.48. The molecule has 1 atom stereocenters. The van der Waals surface area contributed by atoms with Crippen LogP contribution in [0, 0.1) is 0 Å². The summed E-state index contributed by atoms with van der Waals surface area (Å²) >= 11 is 0. The molecule has 0 amide bonds. The van der Waals surface area contributed by atoms with Crippen molar-refractivity contribution in [3.05, 3.63) is 59.2 Å². The minimum Gasteiger partial charge on any atom is -0.320 e. The normalized spacial score (nSPS) is 17.4. The molecular weight excluding hydrogens is 218 g/mol. The number of hydrogen-bond donors (Lipinski definition) is 1. The van der Waals surface area contributed by atoms with Crippen molar-refractivity contribution in [1.29, 1.82) is 0 Å². The Bertz CT molecular complexity index is 605. The Labute approximate surface area is 109 Å². The monoisotopic (exact) mass is 237 g/mol. The second kappa shape index (κ2) is 3.69. The molecule has 3 rings (SSSR count). The maximum Gasteiger partial charge on any atom is 0.0564 e. The predicted octanol–water partition coefficient (Wildman–Crippen LogP) is 4.01. The Morgan fingerprint density at radius 1 is 0.889 bits per heavy atom. The molecule has 1 aliphatic carbocycles. The molecule has 0 radical (unpaired) electrons. The first kappa shape index (κ1) is 11.5. The molecule has 18 heavy (non-hydrogen) atoms. The third kappa shape index (κ3) is 1.58. The fraction of sp³-hybridized carbons (Fsp3) is 0.294. The number of rotatable bonds is 0. The lowest BCUT2D eigenvalue weighted by Gasteiger charge is -2.20. The molecule has 0 spiro atoms. The zero-order valence-electron chi connectivity index (χ0n) is 11.2. The van der Waals surface area contributed by atoms with E-state index in [9.17, 15) is 0 Å². The van der Waals surface area contributed by atoms with Gasteiger partial charge in [-0.15, -0.1) is 0 Å². The molecule has 0 saturated heterocycles. The standard InChI is InChI=1S/C17H19N/c1-17(2,3)11-8-9-13-12-6-4-5-7-14(12)16(18)15(13)10-11/h4-10,16H,18H2,1-3H3.